The summed E-state index contributed by atoms with van der Waals surface area (Å²) in [5.41, 5.74) is -0.0654. The van der Waals surface area contributed by atoms with E-state index in [9.17, 15) is 19.2 Å². The first-order chi connectivity index (χ1) is 22.9. The Labute approximate surface area is 281 Å². The largest absolute Gasteiger partial charge is 0.460 e. The number of pyridine rings is 1. The van der Waals surface area contributed by atoms with Crippen molar-refractivity contribution in [2.75, 3.05) is 57.9 Å². The number of nitrogens with zero attached hydrogens (tertiary/aromatic N) is 4. The second kappa shape index (κ2) is 16.7. The molecular weight excluding hydrogens is 621 g/mol. The van der Waals surface area contributed by atoms with E-state index in [4.69, 9.17) is 14.2 Å². The van der Waals surface area contributed by atoms with E-state index in [1.54, 1.807) is 68.0 Å². The van der Waals surface area contributed by atoms with Crippen molar-refractivity contribution in [1.82, 2.24) is 20.1 Å². The molecule has 0 aliphatic carbocycles. The number of carbonyl (C=O) groups is 4. The summed E-state index contributed by atoms with van der Waals surface area (Å²) in [7, 11) is 1.61. The summed E-state index contributed by atoms with van der Waals surface area (Å²) in [6, 6.07) is 9.04. The van der Waals surface area contributed by atoms with Crippen molar-refractivity contribution in [3.05, 3.63) is 47.9 Å². The molecule has 13 heteroatoms. The fourth-order valence-corrected chi connectivity index (χ4v) is 5.66. The van der Waals surface area contributed by atoms with Crippen molar-refractivity contribution < 1.29 is 37.8 Å². The fourth-order valence-electron chi connectivity index (χ4n) is 5.66. The van der Waals surface area contributed by atoms with Gasteiger partial charge in [-0.05, 0) is 46.1 Å². The summed E-state index contributed by atoms with van der Waals surface area (Å²) in [6.45, 7) is 9.57. The molecule has 1 aromatic heterocycles. The summed E-state index contributed by atoms with van der Waals surface area (Å²) in [4.78, 5) is 62.2. The van der Waals surface area contributed by atoms with Crippen molar-refractivity contribution in [2.45, 2.75) is 77.5 Å². The van der Waals surface area contributed by atoms with Crippen LogP contribution in [0.5, 0.6) is 0 Å². The molecule has 48 heavy (non-hydrogen) atoms. The first-order valence-electron chi connectivity index (χ1n) is 16.7. The predicted octanol–water partition coefficient (Wildman–Crippen LogP) is 4.41. The molecule has 1 N–H and O–H groups in total. The van der Waals surface area contributed by atoms with Gasteiger partial charge in [-0.2, -0.15) is 0 Å². The van der Waals surface area contributed by atoms with E-state index in [2.05, 4.69) is 10.3 Å². The quantitative estimate of drug-likeness (QED) is 0.258. The highest BCUT2D eigenvalue weighted by Gasteiger charge is 2.33. The number of ether oxygens (including phenoxy) is 3. The third-order valence-electron chi connectivity index (χ3n) is 8.27. The average Bonchev–Trinajstić information content (AvgIpc) is 3.55. The van der Waals surface area contributed by atoms with Gasteiger partial charge < -0.3 is 34.2 Å². The van der Waals surface area contributed by atoms with Gasteiger partial charge in [0.25, 0.3) is 5.91 Å². The molecule has 3 heterocycles. The molecule has 262 valence electrons. The fraction of sp³-hybridized carbons (Fsp3) is 0.571. The van der Waals surface area contributed by atoms with Gasteiger partial charge in [0.15, 0.2) is 5.82 Å². The van der Waals surface area contributed by atoms with Crippen LogP contribution in [0.2, 0.25) is 0 Å². The van der Waals surface area contributed by atoms with Crippen LogP contribution in [0, 0.1) is 5.82 Å². The lowest BCUT2D eigenvalue weighted by Gasteiger charge is -2.36. The minimum absolute atomic E-state index is 0.0118. The number of aromatic nitrogens is 1. The topological polar surface area (TPSA) is 131 Å². The molecule has 2 aliphatic rings. The van der Waals surface area contributed by atoms with Crippen LogP contribution in [0.4, 0.5) is 14.9 Å². The monoisotopic (exact) mass is 669 g/mol. The molecule has 0 radical (unpaired) electrons. The molecule has 12 nitrogen and oxygen atoms in total. The Morgan fingerprint density at radius 1 is 1.04 bits per heavy atom. The van der Waals surface area contributed by atoms with Crippen LogP contribution in [-0.4, -0.2) is 109 Å². The van der Waals surface area contributed by atoms with E-state index in [1.165, 1.54) is 6.07 Å². The highest BCUT2D eigenvalue weighted by atomic mass is 19.1. The van der Waals surface area contributed by atoms with Gasteiger partial charge in [0.2, 0.25) is 5.91 Å². The smallest absolute Gasteiger partial charge is 0.409 e. The van der Waals surface area contributed by atoms with E-state index in [1.807, 2.05) is 11.8 Å². The maximum Gasteiger partial charge on any atom is 0.409 e. The van der Waals surface area contributed by atoms with E-state index >= 15 is 4.39 Å². The van der Waals surface area contributed by atoms with Crippen LogP contribution in [0.3, 0.4) is 0 Å². The molecule has 1 aromatic carbocycles. The van der Waals surface area contributed by atoms with Crippen LogP contribution >= 0.6 is 0 Å². The Morgan fingerprint density at radius 3 is 2.35 bits per heavy atom. The summed E-state index contributed by atoms with van der Waals surface area (Å²) < 4.78 is 32.3. The van der Waals surface area contributed by atoms with Crippen LogP contribution in [0.25, 0.3) is 11.3 Å². The van der Waals surface area contributed by atoms with E-state index in [-0.39, 0.29) is 62.2 Å². The number of unbranched alkanes of at least 4 members (excludes halogenated alkanes) is 1. The zero-order chi connectivity index (χ0) is 34.8. The Morgan fingerprint density at radius 2 is 1.73 bits per heavy atom. The molecule has 3 amide bonds. The van der Waals surface area contributed by atoms with Gasteiger partial charge in [-0.1, -0.05) is 43.7 Å². The zero-order valence-electron chi connectivity index (χ0n) is 28.6. The number of anilines is 1. The number of halogens is 1. The molecule has 0 bridgehead atoms. The number of nitrogens with one attached hydrogen (secondary N) is 1. The molecule has 2 atom stereocenters. The summed E-state index contributed by atoms with van der Waals surface area (Å²) in [6.07, 6.45) is 1.72. The summed E-state index contributed by atoms with van der Waals surface area (Å²) in [5.74, 6) is -2.15. The number of amides is 3. The lowest BCUT2D eigenvalue weighted by atomic mass is 10.1. The highest BCUT2D eigenvalue weighted by molar-refractivity contribution is 5.97. The summed E-state index contributed by atoms with van der Waals surface area (Å²) >= 11 is 0. The Kier molecular flexibility index (Phi) is 12.7. The lowest BCUT2D eigenvalue weighted by Crippen LogP contribution is -2.56. The van der Waals surface area contributed by atoms with Gasteiger partial charge in [0, 0.05) is 58.4 Å². The summed E-state index contributed by atoms with van der Waals surface area (Å²) in [5, 5.41) is 2.78. The number of rotatable bonds is 12. The third kappa shape index (κ3) is 9.88. The Bertz CT molecular complexity index is 1430. The molecular formula is C35H48FN5O7. The van der Waals surface area contributed by atoms with E-state index in [0.29, 0.717) is 31.7 Å². The number of carbonyl (C=O) groups excluding carboxylic acids is 4. The first-order valence-corrected chi connectivity index (χ1v) is 16.7. The van der Waals surface area contributed by atoms with Gasteiger partial charge in [-0.15, -0.1) is 0 Å². The molecule has 2 fully saturated rings. The number of hydrogen-bond acceptors (Lipinski definition) is 9. The second-order valence-electron chi connectivity index (χ2n) is 13.1. The lowest BCUT2D eigenvalue weighted by molar-refractivity contribution is -0.155. The number of methoxy groups -OCH3 is 1. The number of hydrogen-bond donors (Lipinski definition) is 1. The number of piperazine rings is 1. The van der Waals surface area contributed by atoms with Crippen molar-refractivity contribution in [3.63, 3.8) is 0 Å². The minimum atomic E-state index is -1.10. The van der Waals surface area contributed by atoms with Crippen molar-refractivity contribution in [2.24, 2.45) is 0 Å². The molecule has 2 aromatic rings. The zero-order valence-corrected chi connectivity index (χ0v) is 28.6. The Hall–Kier alpha value is -4.26. The maximum atomic E-state index is 16.0. The van der Waals surface area contributed by atoms with Gasteiger partial charge in [0.05, 0.1) is 18.4 Å². The highest BCUT2D eigenvalue weighted by Crippen LogP contribution is 2.32. The van der Waals surface area contributed by atoms with Gasteiger partial charge >= 0.3 is 12.1 Å². The molecule has 1 unspecified atom stereocenters. The number of esters is 1. The van der Waals surface area contributed by atoms with E-state index < -0.39 is 41.3 Å². The normalized spacial score (nSPS) is 17.2. The van der Waals surface area contributed by atoms with Crippen molar-refractivity contribution >= 4 is 29.6 Å². The average molecular weight is 670 g/mol. The van der Waals surface area contributed by atoms with Crippen LogP contribution in [0.15, 0.2) is 36.4 Å². The first kappa shape index (κ1) is 36.6. The molecule has 0 saturated carbocycles. The van der Waals surface area contributed by atoms with Crippen LogP contribution in [0.1, 0.15) is 70.3 Å². The molecule has 2 aliphatic heterocycles. The van der Waals surface area contributed by atoms with Crippen molar-refractivity contribution in [1.29, 1.82) is 0 Å². The minimum Gasteiger partial charge on any atom is -0.460 e. The molecule has 4 rings (SSSR count). The second-order valence-corrected chi connectivity index (χ2v) is 13.1. The number of benzene rings is 1. The van der Waals surface area contributed by atoms with Crippen LogP contribution < -0.4 is 10.2 Å². The predicted molar refractivity (Wildman–Crippen MR) is 178 cm³/mol. The SMILES string of the molecule is CCCCOC(=O)N1CCN(C(=O)[C@H](CCC(=O)OC(C)(C)C)NC(=O)c2cc(N3CCC(OC)C3)c(F)c(-c3ccccc3)n2)CC1. The van der Waals surface area contributed by atoms with Crippen molar-refractivity contribution in [3.8, 4) is 11.3 Å². The maximum absolute atomic E-state index is 16.0. The van der Waals surface area contributed by atoms with E-state index in [0.717, 1.165) is 12.8 Å². The third-order valence-corrected chi connectivity index (χ3v) is 8.27. The Balaban J connectivity index is 1.56. The van der Waals surface area contributed by atoms with Gasteiger partial charge in [-0.25, -0.2) is 14.2 Å². The molecule has 2 saturated heterocycles. The van der Waals surface area contributed by atoms with Crippen LogP contribution in [-0.2, 0) is 23.8 Å². The van der Waals surface area contributed by atoms with Gasteiger partial charge in [-0.3, -0.25) is 14.4 Å². The molecule has 0 spiro atoms. The standard InChI is InChI=1S/C35H48FN5O7/c1-6-7-21-47-34(45)40-19-17-39(18-20-40)33(44)26(13-14-29(42)48-35(2,3)4)38-32(43)27-22-28(41-16-15-25(23-41)46-5)30(36)31(37-27)24-11-9-8-10-12-24/h8-12,22,25-26H,6-7,13-21,23H2,1-5H3,(H,38,43)/t25?,26-/m0/s1. The van der Waals surface area contributed by atoms with Gasteiger partial charge in [0.1, 0.15) is 23.0 Å².